The Hall–Kier alpha value is -2.00. The number of aromatic hydroxyl groups is 1. The molecule has 0 bridgehead atoms. The van der Waals surface area contributed by atoms with E-state index in [2.05, 4.69) is 6.92 Å². The second-order valence-corrected chi connectivity index (χ2v) is 5.57. The van der Waals surface area contributed by atoms with E-state index in [-0.39, 0.29) is 5.75 Å². The van der Waals surface area contributed by atoms with Crippen LogP contribution in [0.25, 0.3) is 22.2 Å². The molecule has 0 aliphatic heterocycles. The van der Waals surface area contributed by atoms with Crippen molar-refractivity contribution in [2.45, 2.75) is 26.3 Å². The molecule has 108 valence electrons. The van der Waals surface area contributed by atoms with Gasteiger partial charge < -0.3 is 5.11 Å². The van der Waals surface area contributed by atoms with E-state index in [1.165, 1.54) is 0 Å². The summed E-state index contributed by atoms with van der Waals surface area (Å²) in [5, 5.41) is 16.0. The Morgan fingerprint density at radius 2 is 1.90 bits per heavy atom. The molecule has 3 aromatic rings. The van der Waals surface area contributed by atoms with Gasteiger partial charge in [-0.05, 0) is 48.9 Å². The SMILES string of the molecule is CCCCn1nc(-c2ccc(O)cc2)c2ccc(Cl)cc21. The number of nitrogens with zero attached hydrogens (tertiary/aromatic N) is 2. The summed E-state index contributed by atoms with van der Waals surface area (Å²) in [6.07, 6.45) is 2.20. The Bertz CT molecular complexity index is 762. The van der Waals surface area contributed by atoms with Crippen LogP contribution in [0.5, 0.6) is 5.75 Å². The Labute approximate surface area is 128 Å². The van der Waals surface area contributed by atoms with E-state index in [0.29, 0.717) is 0 Å². The highest BCUT2D eigenvalue weighted by atomic mass is 35.5. The highest BCUT2D eigenvalue weighted by molar-refractivity contribution is 6.31. The van der Waals surface area contributed by atoms with Gasteiger partial charge in [0.25, 0.3) is 0 Å². The molecule has 1 heterocycles. The first-order valence-electron chi connectivity index (χ1n) is 7.14. The Balaban J connectivity index is 2.16. The number of aromatic nitrogens is 2. The smallest absolute Gasteiger partial charge is 0.115 e. The number of aryl methyl sites for hydroxylation is 1. The van der Waals surface area contributed by atoms with Crippen LogP contribution in [0.4, 0.5) is 0 Å². The number of fused-ring (bicyclic) bond motifs is 1. The van der Waals surface area contributed by atoms with Gasteiger partial charge in [0.1, 0.15) is 11.4 Å². The minimum Gasteiger partial charge on any atom is -0.508 e. The topological polar surface area (TPSA) is 38.0 Å². The van der Waals surface area contributed by atoms with Gasteiger partial charge in [0.15, 0.2) is 0 Å². The zero-order valence-electron chi connectivity index (χ0n) is 11.9. The van der Waals surface area contributed by atoms with Crippen molar-refractivity contribution >= 4 is 22.5 Å². The van der Waals surface area contributed by atoms with E-state index < -0.39 is 0 Å². The zero-order chi connectivity index (χ0) is 14.8. The highest BCUT2D eigenvalue weighted by Gasteiger charge is 2.12. The molecule has 1 N–H and O–H groups in total. The Morgan fingerprint density at radius 1 is 1.14 bits per heavy atom. The van der Waals surface area contributed by atoms with E-state index in [1.54, 1.807) is 12.1 Å². The van der Waals surface area contributed by atoms with Gasteiger partial charge in [-0.25, -0.2) is 0 Å². The van der Waals surface area contributed by atoms with Crippen molar-refractivity contribution in [2.75, 3.05) is 0 Å². The average molecular weight is 301 g/mol. The fraction of sp³-hybridized carbons (Fsp3) is 0.235. The first kappa shape index (κ1) is 14.0. The normalized spacial score (nSPS) is 11.1. The number of phenolic OH excluding ortho intramolecular Hbond substituents is 1. The monoisotopic (exact) mass is 300 g/mol. The summed E-state index contributed by atoms with van der Waals surface area (Å²) in [4.78, 5) is 0. The molecule has 0 unspecified atom stereocenters. The molecular formula is C17H17ClN2O. The number of unbranched alkanes of at least 4 members (excludes halogenated alkanes) is 1. The van der Waals surface area contributed by atoms with Crippen molar-refractivity contribution in [3.8, 4) is 17.0 Å². The summed E-state index contributed by atoms with van der Waals surface area (Å²) < 4.78 is 2.02. The molecule has 3 nitrogen and oxygen atoms in total. The fourth-order valence-corrected chi connectivity index (χ4v) is 2.62. The predicted molar refractivity (Wildman–Crippen MR) is 86.8 cm³/mol. The molecule has 0 aliphatic carbocycles. The Kier molecular flexibility index (Phi) is 3.84. The molecule has 2 aromatic carbocycles. The lowest BCUT2D eigenvalue weighted by molar-refractivity contribution is 0.475. The van der Waals surface area contributed by atoms with Gasteiger partial charge in [-0.15, -0.1) is 0 Å². The molecule has 0 radical (unpaired) electrons. The molecule has 4 heteroatoms. The Morgan fingerprint density at radius 3 is 2.62 bits per heavy atom. The van der Waals surface area contributed by atoms with Crippen molar-refractivity contribution in [3.63, 3.8) is 0 Å². The quantitative estimate of drug-likeness (QED) is 0.747. The number of hydrogen-bond acceptors (Lipinski definition) is 2. The van der Waals surface area contributed by atoms with Gasteiger partial charge in [-0.1, -0.05) is 24.9 Å². The van der Waals surface area contributed by atoms with Gasteiger partial charge in [-0.3, -0.25) is 4.68 Å². The summed E-state index contributed by atoms with van der Waals surface area (Å²) in [5.41, 5.74) is 2.98. The molecule has 1 aromatic heterocycles. The summed E-state index contributed by atoms with van der Waals surface area (Å²) in [6, 6.07) is 13.0. The third-order valence-corrected chi connectivity index (χ3v) is 3.81. The molecule has 0 aliphatic rings. The van der Waals surface area contributed by atoms with Gasteiger partial charge in [0.05, 0.1) is 5.52 Å². The number of phenols is 1. The van der Waals surface area contributed by atoms with Crippen molar-refractivity contribution in [3.05, 3.63) is 47.5 Å². The highest BCUT2D eigenvalue weighted by Crippen LogP contribution is 2.30. The maximum atomic E-state index is 9.43. The lowest BCUT2D eigenvalue weighted by Gasteiger charge is -2.01. The minimum atomic E-state index is 0.261. The van der Waals surface area contributed by atoms with Gasteiger partial charge >= 0.3 is 0 Å². The molecule has 3 rings (SSSR count). The fourth-order valence-electron chi connectivity index (χ4n) is 2.46. The summed E-state index contributed by atoms with van der Waals surface area (Å²) >= 11 is 6.13. The van der Waals surface area contributed by atoms with Crippen molar-refractivity contribution in [2.24, 2.45) is 0 Å². The number of benzene rings is 2. The van der Waals surface area contributed by atoms with E-state index in [4.69, 9.17) is 16.7 Å². The van der Waals surface area contributed by atoms with Crippen LogP contribution in [0.1, 0.15) is 19.8 Å². The first-order valence-corrected chi connectivity index (χ1v) is 7.52. The third kappa shape index (κ3) is 2.74. The van der Waals surface area contributed by atoms with Gasteiger partial charge in [-0.2, -0.15) is 5.10 Å². The number of rotatable bonds is 4. The number of halogens is 1. The molecule has 0 spiro atoms. The second-order valence-electron chi connectivity index (χ2n) is 5.13. The van der Waals surface area contributed by atoms with Crippen LogP contribution in [0.2, 0.25) is 5.02 Å². The summed E-state index contributed by atoms with van der Waals surface area (Å²) in [6.45, 7) is 3.05. The summed E-state index contributed by atoms with van der Waals surface area (Å²) in [7, 11) is 0. The van der Waals surface area contributed by atoms with E-state index in [1.807, 2.05) is 35.0 Å². The van der Waals surface area contributed by atoms with E-state index >= 15 is 0 Å². The van der Waals surface area contributed by atoms with E-state index in [9.17, 15) is 5.11 Å². The van der Waals surface area contributed by atoms with E-state index in [0.717, 1.165) is 46.6 Å². The van der Waals surface area contributed by atoms with Crippen LogP contribution in [0.3, 0.4) is 0 Å². The predicted octanol–water partition coefficient (Wildman–Crippen LogP) is 4.86. The minimum absolute atomic E-state index is 0.261. The van der Waals surface area contributed by atoms with Crippen LogP contribution in [0.15, 0.2) is 42.5 Å². The van der Waals surface area contributed by atoms with Crippen molar-refractivity contribution in [1.82, 2.24) is 9.78 Å². The largest absolute Gasteiger partial charge is 0.508 e. The molecule has 0 saturated carbocycles. The zero-order valence-corrected chi connectivity index (χ0v) is 12.6. The van der Waals surface area contributed by atoms with Crippen LogP contribution in [-0.4, -0.2) is 14.9 Å². The molecule has 0 fully saturated rings. The maximum absolute atomic E-state index is 9.43. The lowest BCUT2D eigenvalue weighted by atomic mass is 10.1. The lowest BCUT2D eigenvalue weighted by Crippen LogP contribution is -1.99. The van der Waals surface area contributed by atoms with Gasteiger partial charge in [0.2, 0.25) is 0 Å². The standard InChI is InChI=1S/C17H17ClN2O/c1-2-3-10-20-16-11-13(18)6-9-15(16)17(19-20)12-4-7-14(21)8-5-12/h4-9,11,21H,2-3,10H2,1H3. The third-order valence-electron chi connectivity index (χ3n) is 3.58. The molecule has 0 atom stereocenters. The molecule has 21 heavy (non-hydrogen) atoms. The number of hydrogen-bond donors (Lipinski definition) is 1. The summed E-state index contributed by atoms with van der Waals surface area (Å²) in [5.74, 6) is 0.261. The maximum Gasteiger partial charge on any atom is 0.115 e. The van der Waals surface area contributed by atoms with Crippen molar-refractivity contribution in [1.29, 1.82) is 0 Å². The van der Waals surface area contributed by atoms with Crippen molar-refractivity contribution < 1.29 is 5.11 Å². The van der Waals surface area contributed by atoms with Gasteiger partial charge in [0, 0.05) is 22.5 Å². The van der Waals surface area contributed by atoms with Crippen LogP contribution >= 0.6 is 11.6 Å². The average Bonchev–Trinajstić information content (AvgIpc) is 2.84. The molecule has 0 amide bonds. The van der Waals surface area contributed by atoms with Crippen LogP contribution in [-0.2, 0) is 6.54 Å². The molecule has 0 saturated heterocycles. The first-order chi connectivity index (χ1) is 10.2. The van der Waals surface area contributed by atoms with Crippen LogP contribution < -0.4 is 0 Å². The van der Waals surface area contributed by atoms with Crippen LogP contribution in [0, 0.1) is 0 Å². The molecular weight excluding hydrogens is 284 g/mol. The second kappa shape index (κ2) is 5.78.